The number of halogens is 2. The van der Waals surface area contributed by atoms with Gasteiger partial charge in [-0.25, -0.2) is 0 Å². The molecule has 1 nitrogen and oxygen atoms in total. The van der Waals surface area contributed by atoms with Crippen molar-refractivity contribution in [1.29, 1.82) is 0 Å². The maximum Gasteiger partial charge on any atom is 0.0408 e. The molecule has 2 aromatic rings. The number of benzene rings is 1. The highest BCUT2D eigenvalue weighted by Gasteiger charge is 2.03. The third kappa shape index (κ3) is 1.59. The number of pyridine rings is 1. The molecular formula is C10H7BrIN. The van der Waals surface area contributed by atoms with Crippen LogP contribution in [-0.4, -0.2) is 4.98 Å². The summed E-state index contributed by atoms with van der Waals surface area (Å²) in [5.41, 5.74) is 1.25. The number of fused-ring (bicyclic) bond motifs is 1. The van der Waals surface area contributed by atoms with Crippen molar-refractivity contribution in [2.75, 3.05) is 0 Å². The number of rotatable bonds is 0. The smallest absolute Gasteiger partial charge is 0.0408 e. The van der Waals surface area contributed by atoms with E-state index in [0.29, 0.717) is 0 Å². The summed E-state index contributed by atoms with van der Waals surface area (Å²) in [4.78, 5) is 4.18. The van der Waals surface area contributed by atoms with Gasteiger partial charge in [0.2, 0.25) is 0 Å². The van der Waals surface area contributed by atoms with Crippen molar-refractivity contribution in [3.8, 4) is 0 Å². The molecule has 1 aromatic carbocycles. The summed E-state index contributed by atoms with van der Waals surface area (Å²) in [6, 6.07) is 4.26. The predicted molar refractivity (Wildman–Crippen MR) is 66.9 cm³/mol. The van der Waals surface area contributed by atoms with E-state index in [4.69, 9.17) is 0 Å². The lowest BCUT2D eigenvalue weighted by Crippen LogP contribution is -1.84. The Morgan fingerprint density at radius 2 is 2.00 bits per heavy atom. The summed E-state index contributed by atoms with van der Waals surface area (Å²) in [5, 5.41) is 2.44. The number of nitrogens with zero attached hydrogens (tertiary/aromatic N) is 1. The Kier molecular flexibility index (Phi) is 2.55. The normalized spacial score (nSPS) is 10.7. The zero-order valence-corrected chi connectivity index (χ0v) is 10.8. The number of hydrogen-bond acceptors (Lipinski definition) is 1. The topological polar surface area (TPSA) is 12.9 Å². The summed E-state index contributed by atoms with van der Waals surface area (Å²) in [7, 11) is 0. The Bertz CT molecular complexity index is 468. The number of aryl methyl sites for hydroxylation is 1. The minimum Gasteiger partial charge on any atom is -0.263 e. The van der Waals surface area contributed by atoms with Crippen LogP contribution in [0.2, 0.25) is 0 Å². The van der Waals surface area contributed by atoms with E-state index >= 15 is 0 Å². The SMILES string of the molecule is Cc1ccc2c(I)cncc2c1Br. The average molecular weight is 348 g/mol. The second kappa shape index (κ2) is 3.53. The molecule has 0 atom stereocenters. The van der Waals surface area contributed by atoms with Gasteiger partial charge in [-0.1, -0.05) is 12.1 Å². The first-order valence-corrected chi connectivity index (χ1v) is 5.75. The van der Waals surface area contributed by atoms with Gasteiger partial charge in [-0.05, 0) is 56.4 Å². The molecule has 0 unspecified atom stereocenters. The maximum atomic E-state index is 4.18. The van der Waals surface area contributed by atoms with Gasteiger partial charge >= 0.3 is 0 Å². The first kappa shape index (κ1) is 9.40. The molecule has 0 saturated carbocycles. The van der Waals surface area contributed by atoms with Gasteiger partial charge in [-0.2, -0.15) is 0 Å². The van der Waals surface area contributed by atoms with E-state index in [1.807, 2.05) is 12.4 Å². The molecule has 0 bridgehead atoms. The Hall–Kier alpha value is -0.160. The van der Waals surface area contributed by atoms with Gasteiger partial charge in [0.05, 0.1) is 0 Å². The molecule has 0 N–H and O–H groups in total. The molecule has 2 rings (SSSR count). The quantitative estimate of drug-likeness (QED) is 0.658. The van der Waals surface area contributed by atoms with E-state index in [0.717, 1.165) is 4.47 Å². The lowest BCUT2D eigenvalue weighted by Gasteiger charge is -2.04. The molecule has 0 aliphatic heterocycles. The number of hydrogen-bond donors (Lipinski definition) is 0. The maximum absolute atomic E-state index is 4.18. The van der Waals surface area contributed by atoms with Crippen LogP contribution in [0.5, 0.6) is 0 Å². The second-order valence-corrected chi connectivity index (χ2v) is 4.87. The second-order valence-electron chi connectivity index (χ2n) is 2.91. The van der Waals surface area contributed by atoms with E-state index in [1.165, 1.54) is 19.9 Å². The van der Waals surface area contributed by atoms with E-state index in [1.54, 1.807) is 0 Å². The average Bonchev–Trinajstić information content (AvgIpc) is 2.12. The lowest BCUT2D eigenvalue weighted by molar-refractivity contribution is 1.33. The van der Waals surface area contributed by atoms with Crippen LogP contribution in [0.4, 0.5) is 0 Å². The standard InChI is InChI=1S/C10H7BrIN/c1-6-2-3-7-8(10(6)11)4-13-5-9(7)12/h2-5H,1H3. The van der Waals surface area contributed by atoms with E-state index in [9.17, 15) is 0 Å². The Balaban J connectivity index is 2.94. The van der Waals surface area contributed by atoms with Crippen molar-refractivity contribution in [1.82, 2.24) is 4.98 Å². The fourth-order valence-corrected chi connectivity index (χ4v) is 2.36. The van der Waals surface area contributed by atoms with Crippen molar-refractivity contribution in [3.05, 3.63) is 38.1 Å². The van der Waals surface area contributed by atoms with Gasteiger partial charge in [0.1, 0.15) is 0 Å². The van der Waals surface area contributed by atoms with Crippen LogP contribution in [0.25, 0.3) is 10.8 Å². The van der Waals surface area contributed by atoms with Gasteiger partial charge in [-0.15, -0.1) is 0 Å². The van der Waals surface area contributed by atoms with Crippen LogP contribution in [0.1, 0.15) is 5.56 Å². The van der Waals surface area contributed by atoms with Crippen molar-refractivity contribution in [2.24, 2.45) is 0 Å². The monoisotopic (exact) mass is 347 g/mol. The Morgan fingerprint density at radius 3 is 2.77 bits per heavy atom. The summed E-state index contributed by atoms with van der Waals surface area (Å²) in [5.74, 6) is 0. The molecule has 13 heavy (non-hydrogen) atoms. The fourth-order valence-electron chi connectivity index (χ4n) is 1.28. The highest BCUT2D eigenvalue weighted by Crippen LogP contribution is 2.28. The highest BCUT2D eigenvalue weighted by atomic mass is 127. The zero-order valence-electron chi connectivity index (χ0n) is 7.01. The Labute approximate surface area is 98.8 Å². The van der Waals surface area contributed by atoms with Gasteiger partial charge in [0.15, 0.2) is 0 Å². The van der Waals surface area contributed by atoms with Gasteiger partial charge < -0.3 is 0 Å². The number of aromatic nitrogens is 1. The zero-order chi connectivity index (χ0) is 9.42. The fraction of sp³-hybridized carbons (Fsp3) is 0.100. The molecule has 0 saturated heterocycles. The third-order valence-corrected chi connectivity index (χ3v) is 3.93. The molecule has 66 valence electrons. The van der Waals surface area contributed by atoms with E-state index in [-0.39, 0.29) is 0 Å². The van der Waals surface area contributed by atoms with Crippen LogP contribution in [0.3, 0.4) is 0 Å². The van der Waals surface area contributed by atoms with Crippen LogP contribution in [-0.2, 0) is 0 Å². The van der Waals surface area contributed by atoms with Crippen LogP contribution >= 0.6 is 38.5 Å². The molecule has 0 fully saturated rings. The molecule has 0 amide bonds. The van der Waals surface area contributed by atoms with Gasteiger partial charge in [0.25, 0.3) is 0 Å². The molecular weight excluding hydrogens is 341 g/mol. The molecule has 3 heteroatoms. The van der Waals surface area contributed by atoms with Gasteiger partial charge in [0, 0.05) is 25.8 Å². The van der Waals surface area contributed by atoms with E-state index < -0.39 is 0 Å². The van der Waals surface area contributed by atoms with Crippen molar-refractivity contribution in [2.45, 2.75) is 6.92 Å². The lowest BCUT2D eigenvalue weighted by atomic mass is 10.1. The van der Waals surface area contributed by atoms with Crippen LogP contribution < -0.4 is 0 Å². The van der Waals surface area contributed by atoms with Crippen molar-refractivity contribution < 1.29 is 0 Å². The minimum absolute atomic E-state index is 1.15. The first-order chi connectivity index (χ1) is 6.20. The largest absolute Gasteiger partial charge is 0.263 e. The predicted octanol–water partition coefficient (Wildman–Crippen LogP) is 3.91. The van der Waals surface area contributed by atoms with Crippen LogP contribution in [0, 0.1) is 10.5 Å². The van der Waals surface area contributed by atoms with Crippen LogP contribution in [0.15, 0.2) is 29.0 Å². The summed E-state index contributed by atoms with van der Waals surface area (Å²) >= 11 is 5.87. The first-order valence-electron chi connectivity index (χ1n) is 3.88. The summed E-state index contributed by atoms with van der Waals surface area (Å²) in [6.45, 7) is 2.09. The van der Waals surface area contributed by atoms with E-state index in [2.05, 4.69) is 62.6 Å². The third-order valence-electron chi connectivity index (χ3n) is 2.02. The molecule has 0 spiro atoms. The van der Waals surface area contributed by atoms with Crippen molar-refractivity contribution >= 4 is 49.3 Å². The Morgan fingerprint density at radius 1 is 1.23 bits per heavy atom. The molecule has 0 aliphatic rings. The molecule has 0 radical (unpaired) electrons. The van der Waals surface area contributed by atoms with Crippen molar-refractivity contribution in [3.63, 3.8) is 0 Å². The summed E-state index contributed by atoms with van der Waals surface area (Å²) in [6.07, 6.45) is 3.78. The summed E-state index contributed by atoms with van der Waals surface area (Å²) < 4.78 is 2.34. The van der Waals surface area contributed by atoms with Gasteiger partial charge in [-0.3, -0.25) is 4.98 Å². The molecule has 1 aromatic heterocycles. The highest BCUT2D eigenvalue weighted by molar-refractivity contribution is 14.1. The minimum atomic E-state index is 1.15. The molecule has 1 heterocycles. The molecule has 0 aliphatic carbocycles.